The molecule has 1 fully saturated rings. The van der Waals surface area contributed by atoms with Crippen LogP contribution in [-0.4, -0.2) is 12.7 Å². The first-order valence-electron chi connectivity index (χ1n) is 5.08. The van der Waals surface area contributed by atoms with Gasteiger partial charge >= 0.3 is 12.3 Å². The number of nitrogens with one attached hydrogen (secondary N) is 1. The van der Waals surface area contributed by atoms with Gasteiger partial charge in [0.25, 0.3) is 0 Å². The van der Waals surface area contributed by atoms with Gasteiger partial charge in [-0.05, 0) is 11.6 Å². The topological polar surface area (TPSA) is 38.3 Å². The molecule has 0 radical (unpaired) electrons. The SMILES string of the molecule is O=C1NC(c2ccccc2C(F)(F)F)CCO1. The largest absolute Gasteiger partial charge is 0.449 e. The molecule has 1 heterocycles. The second kappa shape index (κ2) is 4.27. The average Bonchev–Trinajstić information content (AvgIpc) is 2.28. The lowest BCUT2D eigenvalue weighted by Gasteiger charge is -2.26. The van der Waals surface area contributed by atoms with Crippen LogP contribution in [0, 0.1) is 0 Å². The maximum Gasteiger partial charge on any atom is 0.416 e. The molecule has 6 heteroatoms. The molecule has 0 spiro atoms. The molecule has 1 amide bonds. The van der Waals surface area contributed by atoms with Gasteiger partial charge in [0.05, 0.1) is 18.2 Å². The molecule has 3 nitrogen and oxygen atoms in total. The molecule has 0 bridgehead atoms. The second-order valence-electron chi connectivity index (χ2n) is 3.71. The van der Waals surface area contributed by atoms with E-state index < -0.39 is 23.9 Å². The summed E-state index contributed by atoms with van der Waals surface area (Å²) in [6.45, 7) is 0.128. The molecule has 0 aliphatic carbocycles. The quantitative estimate of drug-likeness (QED) is 0.826. The summed E-state index contributed by atoms with van der Waals surface area (Å²) in [6.07, 6.45) is -4.77. The third kappa shape index (κ3) is 2.51. The number of amides is 1. The van der Waals surface area contributed by atoms with E-state index in [2.05, 4.69) is 10.1 Å². The van der Waals surface area contributed by atoms with Crippen LogP contribution in [0.2, 0.25) is 0 Å². The minimum Gasteiger partial charge on any atom is -0.449 e. The Morgan fingerprint density at radius 3 is 2.65 bits per heavy atom. The lowest BCUT2D eigenvalue weighted by Crippen LogP contribution is -2.36. The summed E-state index contributed by atoms with van der Waals surface area (Å²) in [7, 11) is 0. The number of hydrogen-bond donors (Lipinski definition) is 1. The van der Waals surface area contributed by atoms with Gasteiger partial charge in [-0.2, -0.15) is 13.2 Å². The van der Waals surface area contributed by atoms with Gasteiger partial charge in [0, 0.05) is 6.42 Å². The maximum atomic E-state index is 12.8. The smallest absolute Gasteiger partial charge is 0.416 e. The van der Waals surface area contributed by atoms with Crippen molar-refractivity contribution in [2.24, 2.45) is 0 Å². The third-order valence-electron chi connectivity index (χ3n) is 2.57. The van der Waals surface area contributed by atoms with Crippen molar-refractivity contribution in [2.45, 2.75) is 18.6 Å². The Bertz CT molecular complexity index is 431. The van der Waals surface area contributed by atoms with Gasteiger partial charge < -0.3 is 10.1 Å². The Morgan fingerprint density at radius 1 is 1.29 bits per heavy atom. The molecule has 1 aromatic rings. The molecule has 0 aromatic heterocycles. The number of alkyl halides is 3. The zero-order chi connectivity index (χ0) is 12.5. The maximum absolute atomic E-state index is 12.8. The molecule has 0 saturated carbocycles. The van der Waals surface area contributed by atoms with Crippen molar-refractivity contribution in [2.75, 3.05) is 6.61 Å². The summed E-state index contributed by atoms with van der Waals surface area (Å²) >= 11 is 0. The number of rotatable bonds is 1. The fraction of sp³-hybridized carbons (Fsp3) is 0.364. The highest BCUT2D eigenvalue weighted by molar-refractivity contribution is 5.68. The molecule has 1 aliphatic heterocycles. The summed E-state index contributed by atoms with van der Waals surface area (Å²) in [6, 6.07) is 4.59. The molecule has 92 valence electrons. The minimum atomic E-state index is -4.42. The van der Waals surface area contributed by atoms with E-state index in [9.17, 15) is 18.0 Å². The second-order valence-corrected chi connectivity index (χ2v) is 3.71. The van der Waals surface area contributed by atoms with Gasteiger partial charge in [0.2, 0.25) is 0 Å². The van der Waals surface area contributed by atoms with E-state index in [1.165, 1.54) is 18.2 Å². The number of ether oxygens (including phenoxy) is 1. The monoisotopic (exact) mass is 245 g/mol. The standard InChI is InChI=1S/C11H10F3NO2/c12-11(13,14)8-4-2-1-3-7(8)9-5-6-17-10(16)15-9/h1-4,9H,5-6H2,(H,15,16). The Balaban J connectivity index is 2.34. The zero-order valence-electron chi connectivity index (χ0n) is 8.75. The number of alkyl carbamates (subject to hydrolysis) is 1. The molecule has 17 heavy (non-hydrogen) atoms. The van der Waals surface area contributed by atoms with Crippen molar-refractivity contribution in [3.05, 3.63) is 35.4 Å². The Hall–Kier alpha value is -1.72. The lowest BCUT2D eigenvalue weighted by molar-refractivity contribution is -0.138. The van der Waals surface area contributed by atoms with Gasteiger partial charge in [-0.15, -0.1) is 0 Å². The Labute approximate surface area is 95.6 Å². The summed E-state index contributed by atoms with van der Waals surface area (Å²) in [5.74, 6) is 0. The zero-order valence-corrected chi connectivity index (χ0v) is 8.75. The van der Waals surface area contributed by atoms with E-state index in [-0.39, 0.29) is 12.2 Å². The average molecular weight is 245 g/mol. The number of carbonyl (C=O) groups excluding carboxylic acids is 1. The van der Waals surface area contributed by atoms with Crippen LogP contribution >= 0.6 is 0 Å². The molecule has 1 N–H and O–H groups in total. The number of hydrogen-bond acceptors (Lipinski definition) is 2. The number of benzene rings is 1. The van der Waals surface area contributed by atoms with E-state index in [0.717, 1.165) is 6.07 Å². The van der Waals surface area contributed by atoms with E-state index in [1.54, 1.807) is 0 Å². The van der Waals surface area contributed by atoms with Crippen LogP contribution in [0.3, 0.4) is 0 Å². The molecule has 2 rings (SSSR count). The van der Waals surface area contributed by atoms with E-state index >= 15 is 0 Å². The molecule has 1 aromatic carbocycles. The third-order valence-corrected chi connectivity index (χ3v) is 2.57. The van der Waals surface area contributed by atoms with Gasteiger partial charge in [-0.3, -0.25) is 0 Å². The van der Waals surface area contributed by atoms with Crippen LogP contribution in [-0.2, 0) is 10.9 Å². The normalized spacial score (nSPS) is 20.6. The van der Waals surface area contributed by atoms with Crippen molar-refractivity contribution in [1.29, 1.82) is 0 Å². The fourth-order valence-electron chi connectivity index (χ4n) is 1.82. The van der Waals surface area contributed by atoms with Crippen LogP contribution in [0.15, 0.2) is 24.3 Å². The van der Waals surface area contributed by atoms with Gasteiger partial charge in [0.1, 0.15) is 0 Å². The first-order valence-corrected chi connectivity index (χ1v) is 5.08. The highest BCUT2D eigenvalue weighted by atomic mass is 19.4. The Morgan fingerprint density at radius 2 is 2.00 bits per heavy atom. The molecule has 1 aliphatic rings. The predicted molar refractivity (Wildman–Crippen MR) is 53.3 cm³/mol. The molecular weight excluding hydrogens is 235 g/mol. The van der Waals surface area contributed by atoms with Crippen LogP contribution in [0.25, 0.3) is 0 Å². The van der Waals surface area contributed by atoms with Crippen molar-refractivity contribution in [1.82, 2.24) is 5.32 Å². The first kappa shape index (κ1) is 11.8. The summed E-state index contributed by atoms with van der Waals surface area (Å²) in [4.78, 5) is 11.0. The molecule has 1 atom stereocenters. The van der Waals surface area contributed by atoms with Crippen molar-refractivity contribution in [3.63, 3.8) is 0 Å². The van der Waals surface area contributed by atoms with Crippen LogP contribution in [0.4, 0.5) is 18.0 Å². The van der Waals surface area contributed by atoms with Crippen LogP contribution < -0.4 is 5.32 Å². The minimum absolute atomic E-state index is 0.0802. The summed E-state index contributed by atoms with van der Waals surface area (Å²) < 4.78 is 42.9. The first-order chi connectivity index (χ1) is 7.98. The molecular formula is C11H10F3NO2. The number of carbonyl (C=O) groups is 1. The summed E-state index contributed by atoms with van der Waals surface area (Å²) in [5.41, 5.74) is -0.635. The van der Waals surface area contributed by atoms with Gasteiger partial charge in [-0.1, -0.05) is 18.2 Å². The highest BCUT2D eigenvalue weighted by Gasteiger charge is 2.36. The molecule has 1 saturated heterocycles. The van der Waals surface area contributed by atoms with E-state index in [4.69, 9.17) is 0 Å². The Kier molecular flexibility index (Phi) is 2.95. The van der Waals surface area contributed by atoms with Crippen molar-refractivity contribution < 1.29 is 22.7 Å². The van der Waals surface area contributed by atoms with Gasteiger partial charge in [0.15, 0.2) is 0 Å². The highest BCUT2D eigenvalue weighted by Crippen LogP contribution is 2.35. The van der Waals surface area contributed by atoms with Crippen molar-refractivity contribution >= 4 is 6.09 Å². The van der Waals surface area contributed by atoms with E-state index in [0.29, 0.717) is 6.42 Å². The number of cyclic esters (lactones) is 1. The number of halogens is 3. The predicted octanol–water partition coefficient (Wildman–Crippen LogP) is 2.88. The fourth-order valence-corrected chi connectivity index (χ4v) is 1.82. The molecule has 1 unspecified atom stereocenters. The van der Waals surface area contributed by atoms with Gasteiger partial charge in [-0.25, -0.2) is 4.79 Å². The lowest BCUT2D eigenvalue weighted by atomic mass is 9.97. The summed E-state index contributed by atoms with van der Waals surface area (Å²) in [5, 5.41) is 2.38. The van der Waals surface area contributed by atoms with Crippen LogP contribution in [0.1, 0.15) is 23.6 Å². The van der Waals surface area contributed by atoms with Crippen molar-refractivity contribution in [3.8, 4) is 0 Å². The van der Waals surface area contributed by atoms with Crippen LogP contribution in [0.5, 0.6) is 0 Å². The van der Waals surface area contributed by atoms with E-state index in [1.807, 2.05) is 0 Å².